The van der Waals surface area contributed by atoms with E-state index in [9.17, 15) is 24.8 Å². The zero-order valence-corrected chi connectivity index (χ0v) is 13.5. The second kappa shape index (κ2) is 7.34. The van der Waals surface area contributed by atoms with Crippen molar-refractivity contribution in [1.82, 2.24) is 4.90 Å². The molecule has 2 rings (SSSR count). The van der Waals surface area contributed by atoms with Crippen LogP contribution in [0, 0.1) is 10.1 Å². The molecule has 1 aliphatic heterocycles. The summed E-state index contributed by atoms with van der Waals surface area (Å²) in [6.45, 7) is -0.102. The standard InChI is InChI=1S/C15H18N2O8/c1-24-12-8-10(2-3-11(12)17(22)23)25-9-13(18)16-6-4-15(21,5-7-16)14(19)20/h2-3,8,21H,4-7,9H2,1H3,(H,19,20). The number of carbonyl (C=O) groups excluding carboxylic acids is 1. The molecule has 1 aromatic rings. The summed E-state index contributed by atoms with van der Waals surface area (Å²) < 4.78 is 10.2. The molecule has 0 aromatic heterocycles. The molecule has 1 heterocycles. The van der Waals surface area contributed by atoms with Crippen molar-refractivity contribution in [2.45, 2.75) is 18.4 Å². The monoisotopic (exact) mass is 354 g/mol. The van der Waals surface area contributed by atoms with Crippen molar-refractivity contribution in [3.63, 3.8) is 0 Å². The van der Waals surface area contributed by atoms with Crippen LogP contribution in [0.3, 0.4) is 0 Å². The van der Waals surface area contributed by atoms with E-state index in [1.807, 2.05) is 0 Å². The number of benzene rings is 1. The first-order chi connectivity index (χ1) is 11.8. The number of amides is 1. The van der Waals surface area contributed by atoms with E-state index in [-0.39, 0.29) is 55.6 Å². The molecule has 1 amide bonds. The average Bonchev–Trinajstić information content (AvgIpc) is 2.59. The van der Waals surface area contributed by atoms with Gasteiger partial charge in [0.05, 0.1) is 12.0 Å². The lowest BCUT2D eigenvalue weighted by Crippen LogP contribution is -2.51. The third-order valence-electron chi connectivity index (χ3n) is 4.05. The molecule has 25 heavy (non-hydrogen) atoms. The SMILES string of the molecule is COc1cc(OCC(=O)N2CCC(O)(C(=O)O)CC2)ccc1[N+](=O)[O-]. The predicted octanol–water partition coefficient (Wildman–Crippen LogP) is 0.420. The minimum Gasteiger partial charge on any atom is -0.490 e. The Labute approximate surface area is 142 Å². The predicted molar refractivity (Wildman–Crippen MR) is 83.5 cm³/mol. The summed E-state index contributed by atoms with van der Waals surface area (Å²) in [7, 11) is 1.29. The molecule has 1 aliphatic rings. The fourth-order valence-corrected chi connectivity index (χ4v) is 2.47. The molecule has 0 radical (unpaired) electrons. The van der Waals surface area contributed by atoms with E-state index in [1.54, 1.807) is 0 Å². The van der Waals surface area contributed by atoms with Crippen LogP contribution in [-0.4, -0.2) is 64.3 Å². The molecule has 1 fully saturated rings. The van der Waals surface area contributed by atoms with E-state index < -0.39 is 16.5 Å². The summed E-state index contributed by atoms with van der Waals surface area (Å²) in [5, 5.41) is 29.6. The third kappa shape index (κ3) is 4.15. The number of methoxy groups -OCH3 is 1. The fourth-order valence-electron chi connectivity index (χ4n) is 2.47. The minimum atomic E-state index is -1.80. The van der Waals surface area contributed by atoms with Crippen molar-refractivity contribution in [2.75, 3.05) is 26.8 Å². The average molecular weight is 354 g/mol. The number of piperidine rings is 1. The van der Waals surface area contributed by atoms with Crippen molar-refractivity contribution in [3.8, 4) is 11.5 Å². The number of likely N-dealkylation sites (tertiary alicyclic amines) is 1. The number of rotatable bonds is 6. The highest BCUT2D eigenvalue weighted by atomic mass is 16.6. The highest BCUT2D eigenvalue weighted by molar-refractivity contribution is 5.80. The highest BCUT2D eigenvalue weighted by Gasteiger charge is 2.40. The Bertz CT molecular complexity index is 682. The maximum absolute atomic E-state index is 12.1. The number of aliphatic carboxylic acids is 1. The van der Waals surface area contributed by atoms with Crippen LogP contribution >= 0.6 is 0 Å². The van der Waals surface area contributed by atoms with Crippen LogP contribution in [0.25, 0.3) is 0 Å². The van der Waals surface area contributed by atoms with Crippen LogP contribution in [0.15, 0.2) is 18.2 Å². The zero-order valence-electron chi connectivity index (χ0n) is 13.5. The van der Waals surface area contributed by atoms with Crippen molar-refractivity contribution >= 4 is 17.6 Å². The first-order valence-electron chi connectivity index (χ1n) is 7.45. The number of carbonyl (C=O) groups is 2. The van der Waals surface area contributed by atoms with Gasteiger partial charge in [-0.2, -0.15) is 0 Å². The lowest BCUT2D eigenvalue weighted by molar-refractivity contribution is -0.385. The van der Waals surface area contributed by atoms with E-state index in [0.717, 1.165) is 0 Å². The molecule has 0 atom stereocenters. The molecule has 10 nitrogen and oxygen atoms in total. The van der Waals surface area contributed by atoms with Crippen molar-refractivity contribution in [3.05, 3.63) is 28.3 Å². The maximum Gasteiger partial charge on any atom is 0.335 e. The minimum absolute atomic E-state index is 0.0134. The Kier molecular flexibility index (Phi) is 5.42. The van der Waals surface area contributed by atoms with E-state index >= 15 is 0 Å². The molecule has 2 N–H and O–H groups in total. The first kappa shape index (κ1) is 18.5. The molecule has 0 unspecified atom stereocenters. The molecule has 0 bridgehead atoms. The Morgan fingerprint density at radius 2 is 2.00 bits per heavy atom. The smallest absolute Gasteiger partial charge is 0.335 e. The maximum atomic E-state index is 12.1. The van der Waals surface area contributed by atoms with Crippen LogP contribution in [0.1, 0.15) is 12.8 Å². The van der Waals surface area contributed by atoms with Crippen LogP contribution in [0.4, 0.5) is 5.69 Å². The molecule has 0 saturated carbocycles. The molecular formula is C15H18N2O8. The zero-order chi connectivity index (χ0) is 18.6. The molecule has 10 heteroatoms. The van der Waals surface area contributed by atoms with Crippen LogP contribution in [0.5, 0.6) is 11.5 Å². The Morgan fingerprint density at radius 3 is 2.52 bits per heavy atom. The van der Waals surface area contributed by atoms with E-state index in [2.05, 4.69) is 0 Å². The number of nitrogens with zero attached hydrogens (tertiary/aromatic N) is 2. The van der Waals surface area contributed by atoms with Crippen molar-refractivity contribution in [2.24, 2.45) is 0 Å². The van der Waals surface area contributed by atoms with Crippen LogP contribution in [0.2, 0.25) is 0 Å². The van der Waals surface area contributed by atoms with Gasteiger partial charge in [0.2, 0.25) is 5.75 Å². The van der Waals surface area contributed by atoms with Gasteiger partial charge < -0.3 is 24.6 Å². The molecule has 1 aromatic carbocycles. The summed E-state index contributed by atoms with van der Waals surface area (Å²) in [5.74, 6) is -1.42. The van der Waals surface area contributed by atoms with Gasteiger partial charge in [-0.3, -0.25) is 14.9 Å². The second-order valence-corrected chi connectivity index (χ2v) is 5.60. The molecule has 0 aliphatic carbocycles. The Morgan fingerprint density at radius 1 is 1.36 bits per heavy atom. The summed E-state index contributed by atoms with van der Waals surface area (Å²) in [5.41, 5.74) is -2.02. The Balaban J connectivity index is 1.93. The summed E-state index contributed by atoms with van der Waals surface area (Å²) in [6.07, 6.45) is -0.112. The van der Waals surface area contributed by atoms with Gasteiger partial charge in [-0.25, -0.2) is 4.79 Å². The van der Waals surface area contributed by atoms with E-state index in [4.69, 9.17) is 14.6 Å². The number of carboxylic acid groups (broad SMARTS) is 1. The van der Waals surface area contributed by atoms with Crippen molar-refractivity contribution in [1.29, 1.82) is 0 Å². The van der Waals surface area contributed by atoms with Gasteiger partial charge in [0.15, 0.2) is 12.2 Å². The van der Waals surface area contributed by atoms with Crippen LogP contribution < -0.4 is 9.47 Å². The lowest BCUT2D eigenvalue weighted by Gasteiger charge is -2.35. The molecule has 0 spiro atoms. The van der Waals surface area contributed by atoms with Gasteiger partial charge in [0.25, 0.3) is 5.91 Å². The van der Waals surface area contributed by atoms with Gasteiger partial charge >= 0.3 is 11.7 Å². The van der Waals surface area contributed by atoms with E-state index in [0.29, 0.717) is 0 Å². The number of ether oxygens (including phenoxy) is 2. The summed E-state index contributed by atoms with van der Waals surface area (Å²) in [4.78, 5) is 34.7. The molecular weight excluding hydrogens is 336 g/mol. The first-order valence-corrected chi connectivity index (χ1v) is 7.45. The topological polar surface area (TPSA) is 139 Å². The lowest BCUT2D eigenvalue weighted by atomic mass is 9.92. The van der Waals surface area contributed by atoms with Gasteiger partial charge in [-0.05, 0) is 6.07 Å². The highest BCUT2D eigenvalue weighted by Crippen LogP contribution is 2.30. The Hall–Kier alpha value is -2.88. The molecule has 1 saturated heterocycles. The van der Waals surface area contributed by atoms with Gasteiger partial charge in [-0.1, -0.05) is 0 Å². The third-order valence-corrected chi connectivity index (χ3v) is 4.05. The van der Waals surface area contributed by atoms with Crippen LogP contribution in [-0.2, 0) is 9.59 Å². The number of carboxylic acids is 1. The number of aliphatic hydroxyl groups is 1. The second-order valence-electron chi connectivity index (χ2n) is 5.60. The quantitative estimate of drug-likeness (QED) is 0.553. The van der Waals surface area contributed by atoms with Crippen molar-refractivity contribution < 1.29 is 34.2 Å². The normalized spacial score (nSPS) is 16.2. The largest absolute Gasteiger partial charge is 0.490 e. The number of hydrogen-bond donors (Lipinski definition) is 2. The number of nitro benzene ring substituents is 1. The summed E-state index contributed by atoms with van der Waals surface area (Å²) >= 11 is 0. The van der Waals surface area contributed by atoms with Gasteiger partial charge in [0.1, 0.15) is 5.75 Å². The van der Waals surface area contributed by atoms with Gasteiger partial charge in [0, 0.05) is 38.1 Å². The number of nitro groups is 1. The van der Waals surface area contributed by atoms with Gasteiger partial charge in [-0.15, -0.1) is 0 Å². The summed E-state index contributed by atoms with van der Waals surface area (Å²) in [6, 6.07) is 3.88. The molecule has 136 valence electrons. The van der Waals surface area contributed by atoms with E-state index in [1.165, 1.54) is 30.2 Å². The number of hydrogen-bond acceptors (Lipinski definition) is 7. The fraction of sp³-hybridized carbons (Fsp3) is 0.467.